The number of carbonyl (C=O) groups excluding carboxylic acids is 1. The fourth-order valence-electron chi connectivity index (χ4n) is 4.41. The number of hydrogen-bond donors (Lipinski definition) is 2. The van der Waals surface area contributed by atoms with E-state index in [1.165, 1.54) is 24.0 Å². The van der Waals surface area contributed by atoms with Crippen molar-refractivity contribution in [3.63, 3.8) is 0 Å². The largest absolute Gasteiger partial charge is 0.444 e. The highest BCUT2D eigenvalue weighted by Gasteiger charge is 2.28. The number of aliphatic imine (C=N–C) groups is 1. The Bertz CT molecular complexity index is 770. The van der Waals surface area contributed by atoms with Gasteiger partial charge in [-0.3, -0.25) is 9.89 Å². The Kier molecular flexibility index (Phi) is 10.7. The molecule has 186 valence electrons. The molecule has 2 aliphatic heterocycles. The Balaban J connectivity index is 0.00000385. The molecule has 8 heteroatoms. The molecule has 2 aliphatic rings. The minimum absolute atomic E-state index is 0. The predicted molar refractivity (Wildman–Crippen MR) is 145 cm³/mol. The molecule has 0 saturated carbocycles. The van der Waals surface area contributed by atoms with E-state index in [0.717, 1.165) is 51.6 Å². The number of hydrogen-bond acceptors (Lipinski definition) is 4. The van der Waals surface area contributed by atoms with Gasteiger partial charge in [0.05, 0.1) is 6.04 Å². The van der Waals surface area contributed by atoms with Crippen molar-refractivity contribution in [2.75, 3.05) is 39.8 Å². The van der Waals surface area contributed by atoms with Gasteiger partial charge in [0.15, 0.2) is 5.96 Å². The van der Waals surface area contributed by atoms with Crippen LogP contribution in [0.15, 0.2) is 29.3 Å². The lowest BCUT2D eigenvalue weighted by Gasteiger charge is -2.33. The second-order valence-electron chi connectivity index (χ2n) is 10.2. The number of aryl methyl sites for hydroxylation is 1. The Morgan fingerprint density at radius 3 is 2.39 bits per heavy atom. The molecule has 2 heterocycles. The number of guanidine groups is 1. The molecule has 2 saturated heterocycles. The average Bonchev–Trinajstić information content (AvgIpc) is 3.18. The Labute approximate surface area is 216 Å². The lowest BCUT2D eigenvalue weighted by atomic mass is 9.96. The number of rotatable bonds is 5. The van der Waals surface area contributed by atoms with Crippen LogP contribution in [0.1, 0.15) is 51.2 Å². The first-order chi connectivity index (χ1) is 15.2. The molecule has 1 atom stereocenters. The van der Waals surface area contributed by atoms with E-state index in [1.807, 2.05) is 27.8 Å². The molecular weight excluding hydrogens is 529 g/mol. The zero-order chi connectivity index (χ0) is 23.1. The summed E-state index contributed by atoms with van der Waals surface area (Å²) in [4.78, 5) is 21.3. The van der Waals surface area contributed by atoms with Crippen LogP contribution in [0.3, 0.4) is 0 Å². The molecule has 1 aromatic rings. The summed E-state index contributed by atoms with van der Waals surface area (Å²) in [5, 5.41) is 6.56. The highest BCUT2D eigenvalue weighted by atomic mass is 127. The summed E-state index contributed by atoms with van der Waals surface area (Å²) in [5.74, 6) is 1.60. The fraction of sp³-hybridized carbons (Fsp3) is 0.680. The van der Waals surface area contributed by atoms with Crippen molar-refractivity contribution >= 4 is 36.0 Å². The first kappa shape index (κ1) is 27.7. The van der Waals surface area contributed by atoms with Crippen molar-refractivity contribution in [3.8, 4) is 0 Å². The lowest BCUT2D eigenvalue weighted by molar-refractivity contribution is 0.0507. The number of amides is 1. The smallest absolute Gasteiger partial charge is 0.407 e. The molecule has 0 radical (unpaired) electrons. The van der Waals surface area contributed by atoms with Crippen LogP contribution in [-0.2, 0) is 11.3 Å². The number of benzene rings is 1. The van der Waals surface area contributed by atoms with Crippen LogP contribution in [-0.4, -0.2) is 73.3 Å². The summed E-state index contributed by atoms with van der Waals surface area (Å²) in [6.07, 6.45) is 2.97. The van der Waals surface area contributed by atoms with E-state index in [4.69, 9.17) is 4.74 Å². The van der Waals surface area contributed by atoms with Crippen molar-refractivity contribution < 1.29 is 9.53 Å². The van der Waals surface area contributed by atoms with Crippen LogP contribution in [0.2, 0.25) is 0 Å². The lowest BCUT2D eigenvalue weighted by Crippen LogP contribution is -2.46. The maximum Gasteiger partial charge on any atom is 0.407 e. The Morgan fingerprint density at radius 2 is 1.79 bits per heavy atom. The van der Waals surface area contributed by atoms with E-state index in [9.17, 15) is 4.79 Å². The van der Waals surface area contributed by atoms with Gasteiger partial charge < -0.3 is 20.3 Å². The molecule has 2 N–H and O–H groups in total. The van der Waals surface area contributed by atoms with Crippen molar-refractivity contribution in [1.82, 2.24) is 20.4 Å². The van der Waals surface area contributed by atoms with E-state index in [0.29, 0.717) is 5.92 Å². The van der Waals surface area contributed by atoms with Crippen LogP contribution in [0.4, 0.5) is 4.79 Å². The van der Waals surface area contributed by atoms with Gasteiger partial charge in [-0.25, -0.2) is 4.79 Å². The third-order valence-corrected chi connectivity index (χ3v) is 6.20. The third kappa shape index (κ3) is 9.31. The second-order valence-corrected chi connectivity index (χ2v) is 10.2. The SMILES string of the molecule is CN=C(NCC1CCN(Cc2ccc(C)cc2)CC1)N1CCC(NC(=O)OC(C)(C)C)C1.I. The second kappa shape index (κ2) is 12.8. The van der Waals surface area contributed by atoms with Crippen molar-refractivity contribution in [2.45, 2.75) is 65.1 Å². The van der Waals surface area contributed by atoms with Crippen LogP contribution in [0.5, 0.6) is 0 Å². The molecule has 1 amide bonds. The molecule has 33 heavy (non-hydrogen) atoms. The number of carbonyl (C=O) groups is 1. The van der Waals surface area contributed by atoms with Gasteiger partial charge in [-0.1, -0.05) is 29.8 Å². The summed E-state index contributed by atoms with van der Waals surface area (Å²) >= 11 is 0. The van der Waals surface area contributed by atoms with Gasteiger partial charge in [-0.2, -0.15) is 0 Å². The topological polar surface area (TPSA) is 69.2 Å². The van der Waals surface area contributed by atoms with Gasteiger partial charge in [0.2, 0.25) is 0 Å². The van der Waals surface area contributed by atoms with Crippen LogP contribution < -0.4 is 10.6 Å². The normalized spacial score (nSPS) is 20.3. The number of likely N-dealkylation sites (tertiary alicyclic amines) is 2. The number of nitrogens with one attached hydrogen (secondary N) is 2. The van der Waals surface area contributed by atoms with Gasteiger partial charge in [-0.05, 0) is 71.5 Å². The van der Waals surface area contributed by atoms with E-state index < -0.39 is 5.60 Å². The van der Waals surface area contributed by atoms with Gasteiger partial charge >= 0.3 is 6.09 Å². The molecular formula is C25H42IN5O2. The maximum absolute atomic E-state index is 12.0. The zero-order valence-corrected chi connectivity index (χ0v) is 23.2. The molecule has 0 aromatic heterocycles. The molecule has 7 nitrogen and oxygen atoms in total. The average molecular weight is 572 g/mol. The quantitative estimate of drug-likeness (QED) is 0.318. The zero-order valence-electron chi connectivity index (χ0n) is 20.9. The number of halogens is 1. The van der Waals surface area contributed by atoms with Crippen LogP contribution in [0, 0.1) is 12.8 Å². The maximum atomic E-state index is 12.0. The highest BCUT2D eigenvalue weighted by molar-refractivity contribution is 14.0. The summed E-state index contributed by atoms with van der Waals surface area (Å²) < 4.78 is 5.38. The van der Waals surface area contributed by atoms with Crippen LogP contribution >= 0.6 is 24.0 Å². The molecule has 0 aliphatic carbocycles. The Hall–Kier alpha value is -1.55. The molecule has 1 aromatic carbocycles. The molecule has 0 spiro atoms. The van der Waals surface area contributed by atoms with Gasteiger partial charge in [-0.15, -0.1) is 24.0 Å². The predicted octanol–water partition coefficient (Wildman–Crippen LogP) is 4.00. The summed E-state index contributed by atoms with van der Waals surface area (Å²) in [7, 11) is 1.83. The van der Waals surface area contributed by atoms with Crippen LogP contribution in [0.25, 0.3) is 0 Å². The number of ether oxygens (including phenoxy) is 1. The van der Waals surface area contributed by atoms with E-state index in [1.54, 1.807) is 0 Å². The summed E-state index contributed by atoms with van der Waals surface area (Å²) in [6.45, 7) is 13.7. The molecule has 1 unspecified atom stereocenters. The summed E-state index contributed by atoms with van der Waals surface area (Å²) in [6, 6.07) is 8.98. The number of nitrogens with zero attached hydrogens (tertiary/aromatic N) is 3. The number of piperidine rings is 1. The van der Waals surface area contributed by atoms with Crippen molar-refractivity contribution in [1.29, 1.82) is 0 Å². The van der Waals surface area contributed by atoms with Gasteiger partial charge in [0, 0.05) is 33.2 Å². The third-order valence-electron chi connectivity index (χ3n) is 6.20. The monoisotopic (exact) mass is 571 g/mol. The van der Waals surface area contributed by atoms with Gasteiger partial charge in [0.25, 0.3) is 0 Å². The molecule has 2 fully saturated rings. The minimum Gasteiger partial charge on any atom is -0.444 e. The van der Waals surface area contributed by atoms with E-state index in [-0.39, 0.29) is 36.1 Å². The number of alkyl carbamates (subject to hydrolysis) is 1. The minimum atomic E-state index is -0.477. The first-order valence-corrected chi connectivity index (χ1v) is 11.9. The summed E-state index contributed by atoms with van der Waals surface area (Å²) in [5.41, 5.74) is 2.24. The Morgan fingerprint density at radius 1 is 1.12 bits per heavy atom. The molecule has 3 rings (SSSR count). The first-order valence-electron chi connectivity index (χ1n) is 11.9. The van der Waals surface area contributed by atoms with Crippen molar-refractivity contribution in [3.05, 3.63) is 35.4 Å². The molecule has 0 bridgehead atoms. The van der Waals surface area contributed by atoms with E-state index in [2.05, 4.69) is 56.6 Å². The standard InChI is InChI=1S/C25H41N5O2.HI/c1-19-6-8-21(9-7-19)17-29-13-10-20(11-14-29)16-27-23(26-5)30-15-12-22(18-30)28-24(31)32-25(2,3)4;/h6-9,20,22H,10-18H2,1-5H3,(H,26,27)(H,28,31);1H. The van der Waals surface area contributed by atoms with Crippen molar-refractivity contribution in [2.24, 2.45) is 10.9 Å². The van der Waals surface area contributed by atoms with E-state index >= 15 is 0 Å². The van der Waals surface area contributed by atoms with Gasteiger partial charge in [0.1, 0.15) is 5.60 Å². The highest BCUT2D eigenvalue weighted by Crippen LogP contribution is 2.19. The fourth-order valence-corrected chi connectivity index (χ4v) is 4.41.